The molecule has 62 valence electrons. The van der Waals surface area contributed by atoms with Gasteiger partial charge in [0.15, 0.2) is 0 Å². The Morgan fingerprint density at radius 3 is 3.09 bits per heavy atom. The maximum atomic E-state index is 5.34. The molecule has 0 amide bonds. The average Bonchev–Trinajstić information content (AvgIpc) is 2.03. The largest absolute Gasteiger partial charge is 0.498 e. The summed E-state index contributed by atoms with van der Waals surface area (Å²) >= 11 is 0. The van der Waals surface area contributed by atoms with Crippen LogP contribution in [-0.4, -0.2) is 6.61 Å². The van der Waals surface area contributed by atoms with Crippen molar-refractivity contribution in [2.75, 3.05) is 6.61 Å². The van der Waals surface area contributed by atoms with Crippen LogP contribution in [0.2, 0.25) is 0 Å². The summed E-state index contributed by atoms with van der Waals surface area (Å²) < 4.78 is 5.34. The predicted molar refractivity (Wildman–Crippen MR) is 47.2 cm³/mol. The molecule has 0 N–H and O–H groups in total. The highest BCUT2D eigenvalue weighted by Gasteiger charge is 2.07. The smallest absolute Gasteiger partial charge is 0.0939 e. The second kappa shape index (κ2) is 4.22. The predicted octanol–water partition coefficient (Wildman–Crippen LogP) is 2.89. The van der Waals surface area contributed by atoms with Gasteiger partial charge < -0.3 is 4.74 Å². The Morgan fingerprint density at radius 2 is 2.55 bits per heavy atom. The fourth-order valence-corrected chi connectivity index (χ4v) is 1.27. The van der Waals surface area contributed by atoms with Gasteiger partial charge in [-0.2, -0.15) is 0 Å². The second-order valence-electron chi connectivity index (χ2n) is 3.13. The molecule has 1 unspecified atom stereocenters. The molecule has 11 heavy (non-hydrogen) atoms. The summed E-state index contributed by atoms with van der Waals surface area (Å²) in [5.74, 6) is 1.45. The van der Waals surface area contributed by atoms with Crippen LogP contribution >= 0.6 is 0 Å². The van der Waals surface area contributed by atoms with Crippen molar-refractivity contribution in [2.24, 2.45) is 5.92 Å². The summed E-state index contributed by atoms with van der Waals surface area (Å²) in [6, 6.07) is 0. The standard InChI is InChI=1S/C10H16O/c1-9(2)11-8-10-6-4-3-5-7-10/h4,6,10H,1,3,5,7-8H2,2H3. The Hall–Kier alpha value is -0.720. The third-order valence-electron chi connectivity index (χ3n) is 1.90. The fraction of sp³-hybridized carbons (Fsp3) is 0.600. The molecular formula is C10H16O. The van der Waals surface area contributed by atoms with E-state index in [0.717, 1.165) is 12.4 Å². The lowest BCUT2D eigenvalue weighted by Crippen LogP contribution is -2.08. The van der Waals surface area contributed by atoms with E-state index in [1.807, 2.05) is 6.92 Å². The molecule has 1 nitrogen and oxygen atoms in total. The van der Waals surface area contributed by atoms with Crippen molar-refractivity contribution in [2.45, 2.75) is 26.2 Å². The molecule has 0 spiro atoms. The Kier molecular flexibility index (Phi) is 3.21. The maximum Gasteiger partial charge on any atom is 0.0939 e. The van der Waals surface area contributed by atoms with Gasteiger partial charge in [-0.05, 0) is 26.2 Å². The number of hydrogen-bond donors (Lipinski definition) is 0. The zero-order valence-electron chi connectivity index (χ0n) is 7.18. The second-order valence-corrected chi connectivity index (χ2v) is 3.13. The van der Waals surface area contributed by atoms with Crippen LogP contribution in [0.4, 0.5) is 0 Å². The molecule has 0 radical (unpaired) electrons. The molecular weight excluding hydrogens is 136 g/mol. The molecule has 0 bridgehead atoms. The Balaban J connectivity index is 2.20. The maximum absolute atomic E-state index is 5.34. The number of hydrogen-bond acceptors (Lipinski definition) is 1. The SMILES string of the molecule is C=C(C)OCC1C=CCCC1. The summed E-state index contributed by atoms with van der Waals surface area (Å²) in [7, 11) is 0. The van der Waals surface area contributed by atoms with Gasteiger partial charge in [-0.15, -0.1) is 0 Å². The van der Waals surface area contributed by atoms with Crippen LogP contribution in [0.15, 0.2) is 24.5 Å². The molecule has 0 heterocycles. The van der Waals surface area contributed by atoms with Crippen LogP contribution in [0.25, 0.3) is 0 Å². The molecule has 1 aliphatic carbocycles. The number of rotatable bonds is 3. The number of allylic oxidation sites excluding steroid dienone is 2. The van der Waals surface area contributed by atoms with Crippen LogP contribution < -0.4 is 0 Å². The molecule has 0 fully saturated rings. The van der Waals surface area contributed by atoms with E-state index in [0.29, 0.717) is 5.92 Å². The van der Waals surface area contributed by atoms with Crippen molar-refractivity contribution in [1.29, 1.82) is 0 Å². The van der Waals surface area contributed by atoms with Gasteiger partial charge in [-0.3, -0.25) is 0 Å². The van der Waals surface area contributed by atoms with E-state index in [4.69, 9.17) is 4.74 Å². The van der Waals surface area contributed by atoms with Crippen molar-refractivity contribution in [3.05, 3.63) is 24.5 Å². The van der Waals surface area contributed by atoms with E-state index < -0.39 is 0 Å². The molecule has 0 saturated carbocycles. The quantitative estimate of drug-likeness (QED) is 0.446. The summed E-state index contributed by atoms with van der Waals surface area (Å²) in [6.45, 7) is 6.40. The van der Waals surface area contributed by atoms with E-state index in [9.17, 15) is 0 Å². The van der Waals surface area contributed by atoms with Gasteiger partial charge in [0.25, 0.3) is 0 Å². The normalized spacial score (nSPS) is 23.2. The minimum atomic E-state index is 0.625. The van der Waals surface area contributed by atoms with Crippen LogP contribution in [0.5, 0.6) is 0 Å². The van der Waals surface area contributed by atoms with Gasteiger partial charge in [0.05, 0.1) is 12.4 Å². The lowest BCUT2D eigenvalue weighted by atomic mass is 9.97. The first-order valence-corrected chi connectivity index (χ1v) is 4.24. The van der Waals surface area contributed by atoms with E-state index in [1.165, 1.54) is 19.3 Å². The third kappa shape index (κ3) is 3.26. The first-order valence-electron chi connectivity index (χ1n) is 4.24. The highest BCUT2D eigenvalue weighted by molar-refractivity contribution is 4.93. The topological polar surface area (TPSA) is 9.23 Å². The molecule has 1 rings (SSSR count). The Bertz CT molecular complexity index is 158. The zero-order valence-corrected chi connectivity index (χ0v) is 7.18. The first kappa shape index (κ1) is 8.38. The van der Waals surface area contributed by atoms with E-state index >= 15 is 0 Å². The van der Waals surface area contributed by atoms with Crippen LogP contribution in [0.3, 0.4) is 0 Å². The Labute approximate surface area is 68.8 Å². The molecule has 0 aromatic carbocycles. The van der Waals surface area contributed by atoms with Crippen LogP contribution in [-0.2, 0) is 4.74 Å². The fourth-order valence-electron chi connectivity index (χ4n) is 1.27. The summed E-state index contributed by atoms with van der Waals surface area (Å²) in [6.07, 6.45) is 8.32. The average molecular weight is 152 g/mol. The van der Waals surface area contributed by atoms with Crippen molar-refractivity contribution in [1.82, 2.24) is 0 Å². The Morgan fingerprint density at radius 1 is 1.73 bits per heavy atom. The van der Waals surface area contributed by atoms with Gasteiger partial charge >= 0.3 is 0 Å². The molecule has 0 aromatic heterocycles. The van der Waals surface area contributed by atoms with Crippen molar-refractivity contribution < 1.29 is 4.74 Å². The third-order valence-corrected chi connectivity index (χ3v) is 1.90. The summed E-state index contributed by atoms with van der Waals surface area (Å²) in [5, 5.41) is 0. The van der Waals surface area contributed by atoms with Gasteiger partial charge in [0, 0.05) is 5.92 Å². The van der Waals surface area contributed by atoms with E-state index in [2.05, 4.69) is 18.7 Å². The van der Waals surface area contributed by atoms with Crippen molar-refractivity contribution >= 4 is 0 Å². The molecule has 1 aliphatic rings. The summed E-state index contributed by atoms with van der Waals surface area (Å²) in [4.78, 5) is 0. The van der Waals surface area contributed by atoms with Gasteiger partial charge in [-0.1, -0.05) is 18.7 Å². The number of ether oxygens (including phenoxy) is 1. The lowest BCUT2D eigenvalue weighted by Gasteiger charge is -2.16. The molecule has 0 saturated heterocycles. The summed E-state index contributed by atoms with van der Waals surface area (Å²) in [5.41, 5.74) is 0. The van der Waals surface area contributed by atoms with Crippen molar-refractivity contribution in [3.63, 3.8) is 0 Å². The lowest BCUT2D eigenvalue weighted by molar-refractivity contribution is 0.179. The zero-order chi connectivity index (χ0) is 8.10. The highest BCUT2D eigenvalue weighted by Crippen LogP contribution is 2.17. The minimum Gasteiger partial charge on any atom is -0.498 e. The van der Waals surface area contributed by atoms with E-state index in [-0.39, 0.29) is 0 Å². The van der Waals surface area contributed by atoms with Gasteiger partial charge in [0.1, 0.15) is 0 Å². The molecule has 1 heteroatoms. The first-order chi connectivity index (χ1) is 5.29. The van der Waals surface area contributed by atoms with Gasteiger partial charge in [0.2, 0.25) is 0 Å². The van der Waals surface area contributed by atoms with Crippen LogP contribution in [0.1, 0.15) is 26.2 Å². The monoisotopic (exact) mass is 152 g/mol. The van der Waals surface area contributed by atoms with E-state index in [1.54, 1.807) is 0 Å². The minimum absolute atomic E-state index is 0.625. The van der Waals surface area contributed by atoms with Gasteiger partial charge in [-0.25, -0.2) is 0 Å². The van der Waals surface area contributed by atoms with Crippen LogP contribution in [0, 0.1) is 5.92 Å². The van der Waals surface area contributed by atoms with Crippen molar-refractivity contribution in [3.8, 4) is 0 Å². The molecule has 1 atom stereocenters. The highest BCUT2D eigenvalue weighted by atomic mass is 16.5. The molecule has 0 aliphatic heterocycles. The molecule has 0 aromatic rings.